The van der Waals surface area contributed by atoms with Crippen molar-refractivity contribution in [3.63, 3.8) is 0 Å². The smallest absolute Gasteiger partial charge is 0.309 e. The summed E-state index contributed by atoms with van der Waals surface area (Å²) in [6, 6.07) is 0. The number of aliphatic hydroxyl groups excluding tert-OH is 2. The Kier molecular flexibility index (Phi) is 1.40. The third-order valence-electron chi connectivity index (χ3n) is 2.42. The molecule has 2 aliphatic rings. The van der Waals surface area contributed by atoms with Crippen LogP contribution in [0.4, 0.5) is 0 Å². The summed E-state index contributed by atoms with van der Waals surface area (Å²) in [5.41, 5.74) is 0. The number of rotatable bonds is 0. The fraction of sp³-hybridized carbons (Fsp3) is 0.857. The summed E-state index contributed by atoms with van der Waals surface area (Å²) in [7, 11) is 0. The van der Waals surface area contributed by atoms with E-state index in [1.54, 1.807) is 0 Å². The molecule has 11 heavy (non-hydrogen) atoms. The standard InChI is InChI=1S/C7H10O4/c8-4-1-3-2-5(6(4)9)11-7(3)10/h3-6,8-9H,1-2H2/t3?,4-,5-,6?/m1/s1. The van der Waals surface area contributed by atoms with Gasteiger partial charge in [-0.2, -0.15) is 0 Å². The Bertz CT molecular complexity index is 191. The molecular weight excluding hydrogens is 148 g/mol. The topological polar surface area (TPSA) is 66.8 Å². The van der Waals surface area contributed by atoms with E-state index in [1.807, 2.05) is 0 Å². The molecule has 0 aromatic heterocycles. The number of hydrogen-bond acceptors (Lipinski definition) is 4. The Morgan fingerprint density at radius 1 is 1.36 bits per heavy atom. The van der Waals surface area contributed by atoms with E-state index in [4.69, 9.17) is 4.74 Å². The first-order valence-corrected chi connectivity index (χ1v) is 3.75. The van der Waals surface area contributed by atoms with Crippen LogP contribution < -0.4 is 0 Å². The highest BCUT2D eigenvalue weighted by molar-refractivity contribution is 5.75. The van der Waals surface area contributed by atoms with Crippen LogP contribution in [0.2, 0.25) is 0 Å². The normalized spacial score (nSPS) is 49.1. The lowest BCUT2D eigenvalue weighted by molar-refractivity contribution is -0.146. The number of aliphatic hydroxyl groups is 2. The number of carbonyl (C=O) groups excluding carboxylic acids is 1. The van der Waals surface area contributed by atoms with Crippen molar-refractivity contribution in [1.29, 1.82) is 0 Å². The van der Waals surface area contributed by atoms with Crippen LogP contribution in [-0.4, -0.2) is 34.5 Å². The van der Waals surface area contributed by atoms with E-state index in [0.717, 1.165) is 0 Å². The van der Waals surface area contributed by atoms with E-state index >= 15 is 0 Å². The quantitative estimate of drug-likeness (QED) is 0.446. The molecule has 1 aliphatic carbocycles. The van der Waals surface area contributed by atoms with E-state index in [9.17, 15) is 15.0 Å². The lowest BCUT2D eigenvalue weighted by Gasteiger charge is -2.25. The molecule has 4 heteroatoms. The Morgan fingerprint density at radius 2 is 2.09 bits per heavy atom. The number of hydrogen-bond donors (Lipinski definition) is 2. The van der Waals surface area contributed by atoms with Crippen molar-refractivity contribution >= 4 is 5.97 Å². The highest BCUT2D eigenvalue weighted by atomic mass is 16.6. The van der Waals surface area contributed by atoms with Gasteiger partial charge >= 0.3 is 5.97 Å². The van der Waals surface area contributed by atoms with Gasteiger partial charge in [0.1, 0.15) is 12.2 Å². The summed E-state index contributed by atoms with van der Waals surface area (Å²) < 4.78 is 4.82. The van der Waals surface area contributed by atoms with Crippen LogP contribution in [0.5, 0.6) is 0 Å². The van der Waals surface area contributed by atoms with Crippen LogP contribution in [0.1, 0.15) is 12.8 Å². The lowest BCUT2D eigenvalue weighted by Crippen LogP contribution is -2.40. The van der Waals surface area contributed by atoms with Gasteiger partial charge in [-0.15, -0.1) is 0 Å². The minimum Gasteiger partial charge on any atom is -0.459 e. The zero-order valence-electron chi connectivity index (χ0n) is 5.93. The molecule has 62 valence electrons. The van der Waals surface area contributed by atoms with Gasteiger partial charge in [0, 0.05) is 6.42 Å². The summed E-state index contributed by atoms with van der Waals surface area (Å²) in [6.45, 7) is 0. The molecule has 2 bridgehead atoms. The van der Waals surface area contributed by atoms with Crippen LogP contribution in [0.15, 0.2) is 0 Å². The molecule has 0 amide bonds. The Hall–Kier alpha value is -0.610. The Labute approximate surface area is 63.8 Å². The molecule has 2 fully saturated rings. The van der Waals surface area contributed by atoms with Gasteiger partial charge in [-0.1, -0.05) is 0 Å². The zero-order valence-corrected chi connectivity index (χ0v) is 5.93. The summed E-state index contributed by atoms with van der Waals surface area (Å²) in [5.74, 6) is -0.455. The third kappa shape index (κ3) is 0.937. The fourth-order valence-corrected chi connectivity index (χ4v) is 1.75. The van der Waals surface area contributed by atoms with Gasteiger partial charge < -0.3 is 14.9 Å². The van der Waals surface area contributed by atoms with Crippen molar-refractivity contribution in [2.45, 2.75) is 31.2 Å². The van der Waals surface area contributed by atoms with Crippen LogP contribution in [0.25, 0.3) is 0 Å². The van der Waals surface area contributed by atoms with E-state index < -0.39 is 18.3 Å². The van der Waals surface area contributed by atoms with E-state index in [2.05, 4.69) is 0 Å². The molecule has 1 aliphatic heterocycles. The van der Waals surface area contributed by atoms with Crippen molar-refractivity contribution in [2.75, 3.05) is 0 Å². The number of esters is 1. The highest BCUT2D eigenvalue weighted by Crippen LogP contribution is 2.34. The molecule has 1 heterocycles. The SMILES string of the molecule is O=C1O[C@@H]2CC1C[C@@H](O)C2O. The largest absolute Gasteiger partial charge is 0.459 e. The molecule has 4 nitrogen and oxygen atoms in total. The fourth-order valence-electron chi connectivity index (χ4n) is 1.75. The average Bonchev–Trinajstić information content (AvgIpc) is 2.26. The molecular formula is C7H10O4. The first-order valence-electron chi connectivity index (χ1n) is 3.75. The minimum absolute atomic E-state index is 0.182. The number of carbonyl (C=O) groups is 1. The Morgan fingerprint density at radius 3 is 2.82 bits per heavy atom. The van der Waals surface area contributed by atoms with E-state index in [-0.39, 0.29) is 11.9 Å². The summed E-state index contributed by atoms with van der Waals surface area (Å²) in [5, 5.41) is 18.4. The maximum atomic E-state index is 10.9. The van der Waals surface area contributed by atoms with Gasteiger partial charge in [-0.05, 0) is 6.42 Å². The van der Waals surface area contributed by atoms with Crippen molar-refractivity contribution < 1.29 is 19.7 Å². The van der Waals surface area contributed by atoms with Gasteiger partial charge in [-0.25, -0.2) is 0 Å². The maximum absolute atomic E-state index is 10.9. The molecule has 1 saturated heterocycles. The number of fused-ring (bicyclic) bond motifs is 2. The summed E-state index contributed by atoms with van der Waals surface area (Å²) >= 11 is 0. The number of ether oxygens (including phenoxy) is 1. The monoisotopic (exact) mass is 158 g/mol. The van der Waals surface area contributed by atoms with Crippen LogP contribution in [0.3, 0.4) is 0 Å². The van der Waals surface area contributed by atoms with Crippen LogP contribution in [0, 0.1) is 5.92 Å². The molecule has 0 aromatic rings. The zero-order chi connectivity index (χ0) is 8.01. The predicted octanol–water partition coefficient (Wildman–Crippen LogP) is -0.956. The van der Waals surface area contributed by atoms with Crippen molar-refractivity contribution in [2.24, 2.45) is 5.92 Å². The predicted molar refractivity (Wildman–Crippen MR) is 34.6 cm³/mol. The maximum Gasteiger partial charge on any atom is 0.309 e. The second-order valence-corrected chi connectivity index (χ2v) is 3.20. The average molecular weight is 158 g/mol. The molecule has 0 aromatic carbocycles. The van der Waals surface area contributed by atoms with Gasteiger partial charge in [-0.3, -0.25) is 4.79 Å². The highest BCUT2D eigenvalue weighted by Gasteiger charge is 2.47. The van der Waals surface area contributed by atoms with E-state index in [0.29, 0.717) is 12.8 Å². The molecule has 2 rings (SSSR count). The van der Waals surface area contributed by atoms with Gasteiger partial charge in [0.2, 0.25) is 0 Å². The molecule has 4 atom stereocenters. The van der Waals surface area contributed by atoms with Crippen molar-refractivity contribution in [1.82, 2.24) is 0 Å². The third-order valence-corrected chi connectivity index (χ3v) is 2.42. The Balaban J connectivity index is 2.18. The van der Waals surface area contributed by atoms with Gasteiger partial charge in [0.25, 0.3) is 0 Å². The molecule has 2 N–H and O–H groups in total. The first-order chi connectivity index (χ1) is 5.18. The van der Waals surface area contributed by atoms with Crippen molar-refractivity contribution in [3.8, 4) is 0 Å². The van der Waals surface area contributed by atoms with Crippen LogP contribution >= 0.6 is 0 Å². The minimum atomic E-state index is -0.877. The second-order valence-electron chi connectivity index (χ2n) is 3.20. The summed E-state index contributed by atoms with van der Waals surface area (Å²) in [4.78, 5) is 10.9. The van der Waals surface area contributed by atoms with E-state index in [1.165, 1.54) is 0 Å². The molecule has 0 spiro atoms. The molecule has 0 radical (unpaired) electrons. The molecule has 1 saturated carbocycles. The van der Waals surface area contributed by atoms with Crippen LogP contribution in [-0.2, 0) is 9.53 Å². The van der Waals surface area contributed by atoms with Gasteiger partial charge in [0.05, 0.1) is 12.0 Å². The van der Waals surface area contributed by atoms with Crippen molar-refractivity contribution in [3.05, 3.63) is 0 Å². The second kappa shape index (κ2) is 2.19. The molecule has 2 unspecified atom stereocenters. The summed E-state index contributed by atoms with van der Waals surface area (Å²) in [6.07, 6.45) is -1.22. The van der Waals surface area contributed by atoms with Gasteiger partial charge in [0.15, 0.2) is 0 Å². The first kappa shape index (κ1) is 7.06. The lowest BCUT2D eigenvalue weighted by atomic mass is 9.86.